The number of nitrogens with one attached hydrogen (secondary N) is 3. The molecule has 3 rings (SSSR count). The fraction of sp³-hybridized carbons (Fsp3) is 0.567. The van der Waals surface area contributed by atoms with Gasteiger partial charge in [0.15, 0.2) is 5.13 Å². The predicted octanol–water partition coefficient (Wildman–Crippen LogP) is 4.31. The first kappa shape index (κ1) is 32.2. The molecular weight excluding hydrogens is 542 g/mol. The van der Waals surface area contributed by atoms with Crippen molar-refractivity contribution in [3.05, 3.63) is 47.5 Å². The summed E-state index contributed by atoms with van der Waals surface area (Å²) in [6.45, 7) is 2.12. The Bertz CT molecular complexity index is 1080. The van der Waals surface area contributed by atoms with Crippen LogP contribution in [0, 0.1) is 11.8 Å². The SMILES string of the molecule is C[C@@H]([C@@H](CCCc1ccccc1)C(=O)N[C@@H](CCCCNC(=O)CC1CCCC1)C(=O)Nc1nccs1)N(O)C=O. The van der Waals surface area contributed by atoms with Crippen LogP contribution in [0.4, 0.5) is 5.13 Å². The topological polar surface area (TPSA) is 141 Å². The molecule has 10 nitrogen and oxygen atoms in total. The van der Waals surface area contributed by atoms with Crippen molar-refractivity contribution in [3.63, 3.8) is 0 Å². The lowest BCUT2D eigenvalue weighted by atomic mass is 9.92. The minimum Gasteiger partial charge on any atom is -0.356 e. The average Bonchev–Trinajstić information content (AvgIpc) is 3.69. The van der Waals surface area contributed by atoms with Crippen molar-refractivity contribution >= 4 is 40.6 Å². The number of benzene rings is 1. The molecule has 11 heteroatoms. The number of hydrogen-bond acceptors (Lipinski definition) is 7. The summed E-state index contributed by atoms with van der Waals surface area (Å²) >= 11 is 1.28. The maximum absolute atomic E-state index is 13.5. The average molecular weight is 586 g/mol. The molecule has 41 heavy (non-hydrogen) atoms. The Hall–Kier alpha value is -3.31. The number of hydrogen-bond donors (Lipinski definition) is 4. The van der Waals surface area contributed by atoms with Crippen LogP contribution in [0.5, 0.6) is 0 Å². The maximum Gasteiger partial charge on any atom is 0.248 e. The second-order valence-corrected chi connectivity index (χ2v) is 11.7. The van der Waals surface area contributed by atoms with Gasteiger partial charge in [-0.25, -0.2) is 10.0 Å². The zero-order valence-corrected chi connectivity index (χ0v) is 24.6. The molecule has 0 radical (unpaired) electrons. The van der Waals surface area contributed by atoms with Crippen molar-refractivity contribution < 1.29 is 24.4 Å². The van der Waals surface area contributed by atoms with Gasteiger partial charge in [-0.3, -0.25) is 24.4 Å². The third-order valence-electron chi connectivity index (χ3n) is 7.75. The van der Waals surface area contributed by atoms with Crippen molar-refractivity contribution in [3.8, 4) is 0 Å². The molecule has 1 aromatic carbocycles. The molecule has 0 saturated heterocycles. The summed E-state index contributed by atoms with van der Waals surface area (Å²) in [5.41, 5.74) is 1.13. The molecule has 1 aliphatic carbocycles. The van der Waals surface area contributed by atoms with Crippen molar-refractivity contribution in [1.29, 1.82) is 0 Å². The quantitative estimate of drug-likeness (QED) is 0.0890. The summed E-state index contributed by atoms with van der Waals surface area (Å²) in [6, 6.07) is 8.26. The highest BCUT2D eigenvalue weighted by Crippen LogP contribution is 2.27. The van der Waals surface area contributed by atoms with Crippen LogP contribution >= 0.6 is 11.3 Å². The number of hydroxylamine groups is 2. The van der Waals surface area contributed by atoms with Gasteiger partial charge >= 0.3 is 0 Å². The van der Waals surface area contributed by atoms with Crippen LogP contribution in [0.1, 0.15) is 76.7 Å². The molecule has 1 aromatic heterocycles. The molecule has 1 saturated carbocycles. The first-order valence-corrected chi connectivity index (χ1v) is 15.5. The van der Waals surface area contributed by atoms with Gasteiger partial charge in [-0.15, -0.1) is 11.3 Å². The van der Waals surface area contributed by atoms with E-state index in [1.165, 1.54) is 24.2 Å². The second-order valence-electron chi connectivity index (χ2n) is 10.8. The molecule has 4 amide bonds. The molecule has 1 heterocycles. The van der Waals surface area contributed by atoms with Crippen molar-refractivity contribution in [2.24, 2.45) is 11.8 Å². The van der Waals surface area contributed by atoms with Crippen LogP contribution in [0.2, 0.25) is 0 Å². The van der Waals surface area contributed by atoms with Crippen molar-refractivity contribution in [2.75, 3.05) is 11.9 Å². The van der Waals surface area contributed by atoms with E-state index >= 15 is 0 Å². The summed E-state index contributed by atoms with van der Waals surface area (Å²) in [7, 11) is 0. The van der Waals surface area contributed by atoms with Gasteiger partial charge in [-0.2, -0.15) is 0 Å². The molecule has 0 bridgehead atoms. The molecule has 0 aliphatic heterocycles. The number of unbranched alkanes of at least 4 members (excludes halogenated alkanes) is 1. The van der Waals surface area contributed by atoms with E-state index in [0.717, 1.165) is 24.8 Å². The number of carbonyl (C=O) groups excluding carboxylic acids is 4. The lowest BCUT2D eigenvalue weighted by molar-refractivity contribution is -0.166. The highest BCUT2D eigenvalue weighted by Gasteiger charge is 2.31. The molecule has 1 aliphatic rings. The summed E-state index contributed by atoms with van der Waals surface area (Å²) in [5, 5.41) is 21.4. The number of carbonyl (C=O) groups is 4. The first-order valence-electron chi connectivity index (χ1n) is 14.6. The van der Waals surface area contributed by atoms with E-state index in [4.69, 9.17) is 0 Å². The molecule has 1 fully saturated rings. The third-order valence-corrected chi connectivity index (χ3v) is 8.44. The van der Waals surface area contributed by atoms with Crippen LogP contribution in [0.25, 0.3) is 0 Å². The van der Waals surface area contributed by atoms with E-state index < -0.39 is 23.9 Å². The number of aryl methyl sites for hydroxylation is 1. The Morgan fingerprint density at radius 3 is 2.54 bits per heavy atom. The van der Waals surface area contributed by atoms with Crippen LogP contribution in [-0.2, 0) is 25.6 Å². The molecule has 3 atom stereocenters. The molecule has 224 valence electrons. The summed E-state index contributed by atoms with van der Waals surface area (Å²) in [5.74, 6) is -0.958. The standard InChI is InChI=1S/C30H43N5O5S/c1-22(35(40)21-36)25(15-9-14-23-10-3-2-4-11-23)28(38)33-26(29(39)34-30-32-18-19-41-30)16-7-8-17-31-27(37)20-24-12-5-6-13-24/h2-4,10-11,18-19,21-22,24-26,40H,5-9,12-17,20H2,1H3,(H,31,37)(H,33,38)(H,32,34,39)/t22-,25+,26-/m0/s1. The highest BCUT2D eigenvalue weighted by atomic mass is 32.1. The third kappa shape index (κ3) is 11.2. The molecular formula is C30H43N5O5S. The zero-order chi connectivity index (χ0) is 29.5. The lowest BCUT2D eigenvalue weighted by Gasteiger charge is -2.29. The zero-order valence-electron chi connectivity index (χ0n) is 23.8. The van der Waals surface area contributed by atoms with Gasteiger partial charge in [-0.1, -0.05) is 43.2 Å². The predicted molar refractivity (Wildman–Crippen MR) is 158 cm³/mol. The van der Waals surface area contributed by atoms with Crippen molar-refractivity contribution in [2.45, 2.75) is 89.6 Å². The number of amides is 4. The molecule has 4 N–H and O–H groups in total. The fourth-order valence-corrected chi connectivity index (χ4v) is 5.85. The molecule has 0 spiro atoms. The van der Waals surface area contributed by atoms with Crippen LogP contribution in [-0.4, -0.2) is 58.0 Å². The number of nitrogens with zero attached hydrogens (tertiary/aromatic N) is 2. The van der Waals surface area contributed by atoms with Crippen LogP contribution < -0.4 is 16.0 Å². The number of aromatic nitrogens is 1. The van der Waals surface area contributed by atoms with Crippen LogP contribution in [0.15, 0.2) is 41.9 Å². The Morgan fingerprint density at radius 1 is 1.10 bits per heavy atom. The minimum atomic E-state index is -0.840. The van der Waals surface area contributed by atoms with E-state index in [-0.39, 0.29) is 18.2 Å². The monoisotopic (exact) mass is 585 g/mol. The molecule has 0 unspecified atom stereocenters. The second kappa shape index (κ2) is 17.5. The van der Waals surface area contributed by atoms with Gasteiger partial charge in [0.05, 0.1) is 12.0 Å². The Balaban J connectivity index is 1.57. The first-order chi connectivity index (χ1) is 19.9. The molecule has 2 aromatic rings. The van der Waals surface area contributed by atoms with Crippen LogP contribution in [0.3, 0.4) is 0 Å². The van der Waals surface area contributed by atoms with Crippen molar-refractivity contribution in [1.82, 2.24) is 20.7 Å². The summed E-state index contributed by atoms with van der Waals surface area (Å²) in [6.07, 6.45) is 10.5. The van der Waals surface area contributed by atoms with Gasteiger partial charge in [0.1, 0.15) is 6.04 Å². The number of rotatable bonds is 18. The Labute approximate surface area is 246 Å². The number of anilines is 1. The smallest absolute Gasteiger partial charge is 0.248 e. The fourth-order valence-electron chi connectivity index (χ4n) is 5.32. The highest BCUT2D eigenvalue weighted by molar-refractivity contribution is 7.13. The summed E-state index contributed by atoms with van der Waals surface area (Å²) < 4.78 is 0. The Morgan fingerprint density at radius 2 is 1.85 bits per heavy atom. The van der Waals surface area contributed by atoms with E-state index in [1.807, 2.05) is 30.3 Å². The summed E-state index contributed by atoms with van der Waals surface area (Å²) in [4.78, 5) is 54.2. The van der Waals surface area contributed by atoms with Gasteiger partial charge < -0.3 is 16.0 Å². The van der Waals surface area contributed by atoms with Gasteiger partial charge in [0.25, 0.3) is 0 Å². The van der Waals surface area contributed by atoms with E-state index in [0.29, 0.717) is 61.2 Å². The largest absolute Gasteiger partial charge is 0.356 e. The van der Waals surface area contributed by atoms with E-state index in [9.17, 15) is 24.4 Å². The lowest BCUT2D eigenvalue weighted by Crippen LogP contribution is -2.50. The van der Waals surface area contributed by atoms with Gasteiger partial charge in [-0.05, 0) is 69.8 Å². The maximum atomic E-state index is 13.5. The minimum absolute atomic E-state index is 0.0688. The Kier molecular flexibility index (Phi) is 13.7. The van der Waals surface area contributed by atoms with Gasteiger partial charge in [0, 0.05) is 24.5 Å². The number of thiazole rings is 1. The van der Waals surface area contributed by atoms with E-state index in [2.05, 4.69) is 20.9 Å². The van der Waals surface area contributed by atoms with E-state index in [1.54, 1.807) is 18.5 Å². The normalized spacial score (nSPS) is 15.5. The van der Waals surface area contributed by atoms with Gasteiger partial charge in [0.2, 0.25) is 24.1 Å².